The molecule has 1 unspecified atom stereocenters. The van der Waals surface area contributed by atoms with Crippen LogP contribution < -0.4 is 42.2 Å². The summed E-state index contributed by atoms with van der Waals surface area (Å²) in [5.74, 6) is 0. The van der Waals surface area contributed by atoms with Gasteiger partial charge in [-0.05, 0) is 0 Å². The van der Waals surface area contributed by atoms with Crippen LogP contribution >= 0.6 is 18.6 Å². The summed E-state index contributed by atoms with van der Waals surface area (Å²) in [5.41, 5.74) is 0. The third-order valence-electron chi connectivity index (χ3n) is 0.468. The molecule has 0 spiro atoms. The van der Waals surface area contributed by atoms with E-state index in [4.69, 9.17) is 0 Å². The van der Waals surface area contributed by atoms with E-state index in [0.717, 1.165) is 4.05 Å². The van der Waals surface area contributed by atoms with E-state index < -0.39 is 0 Å². The maximum absolute atomic E-state index is 3.46. The maximum atomic E-state index is 3.46. The number of hydrogen-bond donors (Lipinski definition) is 1. The van der Waals surface area contributed by atoms with Crippen molar-refractivity contribution in [3.05, 3.63) is 0 Å². The molecule has 1 heterocycles. The van der Waals surface area contributed by atoms with Gasteiger partial charge in [0, 0.05) is 0 Å². The number of rotatable bonds is 2. The van der Waals surface area contributed by atoms with Gasteiger partial charge in [-0.3, -0.25) is 0 Å². The second kappa shape index (κ2) is 3.23. The van der Waals surface area contributed by atoms with E-state index in [2.05, 4.69) is 22.1 Å². The number of halogens is 3. The van der Waals surface area contributed by atoms with Crippen molar-refractivity contribution in [2.75, 3.05) is 4.43 Å². The normalized spacial score (nSPS) is 32.5. The van der Waals surface area contributed by atoms with Crippen LogP contribution in [-0.2, 0) is 0 Å². The van der Waals surface area contributed by atoms with Crippen LogP contribution in [0.3, 0.4) is 0 Å². The zero-order chi connectivity index (χ0) is 4.41. The van der Waals surface area contributed by atoms with Gasteiger partial charge in [-0.1, -0.05) is 0 Å². The quantitative estimate of drug-likeness (QED) is 0.203. The Kier molecular flexibility index (Phi) is 3.38. The molecule has 0 aromatic carbocycles. The fourth-order valence-corrected chi connectivity index (χ4v) is 8.94. The molecular weight excluding hydrogens is 419 g/mol. The van der Waals surface area contributed by atoms with Crippen molar-refractivity contribution in [3.8, 4) is 0 Å². The van der Waals surface area contributed by atoms with Crippen LogP contribution in [-0.4, -0.2) is 8.48 Å². The van der Waals surface area contributed by atoms with Gasteiger partial charge < -0.3 is 0 Å². The minimum atomic E-state index is 0.377. The summed E-state index contributed by atoms with van der Waals surface area (Å²) in [6, 6.07) is 0. The molecule has 6 heavy (non-hydrogen) atoms. The molecule has 1 fully saturated rings. The SMILES string of the molecule is I[I-]NC1C[I-]1. The van der Waals surface area contributed by atoms with Crippen LogP contribution in [0.4, 0.5) is 0 Å². The molecule has 0 radical (unpaired) electrons. The molecule has 0 saturated carbocycles. The number of hydrogen-bond acceptors (Lipinski definition) is 1. The van der Waals surface area contributed by atoms with Crippen LogP contribution in [0.2, 0.25) is 0 Å². The molecule has 0 aliphatic carbocycles. The van der Waals surface area contributed by atoms with E-state index in [1.807, 2.05) is 0 Å². The summed E-state index contributed by atoms with van der Waals surface area (Å²) < 4.78 is 6.06. The van der Waals surface area contributed by atoms with Gasteiger partial charge in [0.2, 0.25) is 0 Å². The molecule has 1 saturated heterocycles. The second-order valence-corrected chi connectivity index (χ2v) is 7.99. The van der Waals surface area contributed by atoms with E-state index in [9.17, 15) is 0 Å². The predicted octanol–water partition coefficient (Wildman–Crippen LogP) is -5.64. The van der Waals surface area contributed by atoms with Crippen molar-refractivity contribution >= 4 is 18.6 Å². The van der Waals surface area contributed by atoms with Gasteiger partial charge >= 0.3 is 69.3 Å². The summed E-state index contributed by atoms with van der Waals surface area (Å²) in [6.07, 6.45) is 0. The van der Waals surface area contributed by atoms with Gasteiger partial charge in [-0.15, -0.1) is 0 Å². The van der Waals surface area contributed by atoms with Gasteiger partial charge in [-0.2, -0.15) is 0 Å². The van der Waals surface area contributed by atoms with Crippen LogP contribution in [0.25, 0.3) is 0 Å². The first-order valence-electron chi connectivity index (χ1n) is 1.51. The summed E-state index contributed by atoms with van der Waals surface area (Å²) in [5, 5.41) is 0. The Balaban J connectivity index is 1.88. The summed E-state index contributed by atoms with van der Waals surface area (Å²) in [4.78, 5) is 0. The molecule has 0 aromatic heterocycles. The molecule has 1 N–H and O–H groups in total. The Hall–Kier alpha value is 2.15. The first-order valence-corrected chi connectivity index (χ1v) is 11.6. The van der Waals surface area contributed by atoms with Crippen molar-refractivity contribution in [1.29, 1.82) is 0 Å². The third-order valence-corrected chi connectivity index (χ3v) is 6.30. The van der Waals surface area contributed by atoms with Gasteiger partial charge in [0.1, 0.15) is 0 Å². The molecule has 0 aromatic rings. The minimum absolute atomic E-state index is 0.377. The van der Waals surface area contributed by atoms with E-state index in [-0.39, 0.29) is 0 Å². The fraction of sp³-hybridized carbons (Fsp3) is 1.00. The number of alkyl halides is 2. The standard InChI is InChI=1S/C2H4I3N/c3-5-6-2-1-4-2/h2,6H,1H2/q-2. The average molecular weight is 423 g/mol. The molecule has 40 valence electrons. The first kappa shape index (κ1) is 6.27. The zero-order valence-corrected chi connectivity index (χ0v) is 9.39. The molecule has 1 rings (SSSR count). The molecule has 0 amide bonds. The Bertz CT molecular complexity index is 44.1. The molecule has 1 atom stereocenters. The molecule has 0 bridgehead atoms. The Morgan fingerprint density at radius 3 is 2.83 bits per heavy atom. The Morgan fingerprint density at radius 1 is 2.00 bits per heavy atom. The zero-order valence-electron chi connectivity index (χ0n) is 2.92. The molecule has 1 aliphatic rings. The van der Waals surface area contributed by atoms with Crippen molar-refractivity contribution in [1.82, 2.24) is 3.53 Å². The Labute approximate surface area is 68.1 Å². The average Bonchev–Trinajstić information content (AvgIpc) is 2.21. The summed E-state index contributed by atoms with van der Waals surface area (Å²) in [6.45, 7) is 0. The topological polar surface area (TPSA) is 12.0 Å². The van der Waals surface area contributed by atoms with E-state index in [1.54, 1.807) is 4.43 Å². The van der Waals surface area contributed by atoms with Crippen LogP contribution in [0, 0.1) is 0 Å². The van der Waals surface area contributed by atoms with Crippen molar-refractivity contribution < 1.29 is 38.7 Å². The number of nitrogens with one attached hydrogen (secondary N) is 1. The van der Waals surface area contributed by atoms with Gasteiger partial charge in [0.15, 0.2) is 0 Å². The molecule has 1 aliphatic heterocycles. The monoisotopic (exact) mass is 423 g/mol. The fourth-order valence-electron chi connectivity index (χ4n) is 0.148. The van der Waals surface area contributed by atoms with Crippen LogP contribution in [0.15, 0.2) is 0 Å². The first-order chi connectivity index (χ1) is 2.93. The van der Waals surface area contributed by atoms with E-state index in [1.165, 1.54) is 0 Å². The molecular formula is C2H4I3N-2. The second-order valence-electron chi connectivity index (χ2n) is 0.957. The molecule has 1 nitrogen and oxygen atoms in total. The summed E-state index contributed by atoms with van der Waals surface area (Å²) in [7, 11) is 0. The van der Waals surface area contributed by atoms with Crippen LogP contribution in [0.5, 0.6) is 0 Å². The Morgan fingerprint density at radius 2 is 2.67 bits per heavy atom. The van der Waals surface area contributed by atoms with Crippen molar-refractivity contribution in [3.63, 3.8) is 0 Å². The van der Waals surface area contributed by atoms with Gasteiger partial charge in [0.05, 0.1) is 0 Å². The van der Waals surface area contributed by atoms with Crippen molar-refractivity contribution in [2.24, 2.45) is 0 Å². The van der Waals surface area contributed by atoms with Crippen LogP contribution in [0.1, 0.15) is 0 Å². The van der Waals surface area contributed by atoms with Gasteiger partial charge in [0.25, 0.3) is 0 Å². The van der Waals surface area contributed by atoms with E-state index in [0.29, 0.717) is 38.7 Å². The molecule has 4 heteroatoms. The third kappa shape index (κ3) is 2.46. The predicted molar refractivity (Wildman–Crippen MR) is 25.8 cm³/mol. The summed E-state index contributed by atoms with van der Waals surface area (Å²) >= 11 is 3.52. The van der Waals surface area contributed by atoms with Crippen molar-refractivity contribution in [2.45, 2.75) is 4.05 Å². The van der Waals surface area contributed by atoms with Gasteiger partial charge in [-0.25, -0.2) is 0 Å². The van der Waals surface area contributed by atoms with E-state index >= 15 is 0 Å².